The van der Waals surface area contributed by atoms with Crippen molar-refractivity contribution in [3.05, 3.63) is 47.0 Å². The van der Waals surface area contributed by atoms with E-state index in [-0.39, 0.29) is 30.0 Å². The maximum Gasteiger partial charge on any atom is 0.315 e. The molecule has 3 N–H and O–H groups in total. The summed E-state index contributed by atoms with van der Waals surface area (Å²) in [5.41, 5.74) is 0.757. The normalized spacial score (nSPS) is 20.9. The van der Waals surface area contributed by atoms with Crippen LogP contribution in [0.5, 0.6) is 0 Å². The highest BCUT2D eigenvalue weighted by atomic mass is 35.5. The van der Waals surface area contributed by atoms with E-state index in [4.69, 9.17) is 16.7 Å². The summed E-state index contributed by atoms with van der Waals surface area (Å²) in [5, 5.41) is 15.6. The number of hydrogen-bond acceptors (Lipinski definition) is 2. The van der Waals surface area contributed by atoms with Gasteiger partial charge in [-0.05, 0) is 18.1 Å². The van der Waals surface area contributed by atoms with Gasteiger partial charge in [0.2, 0.25) is 0 Å². The van der Waals surface area contributed by atoms with Crippen LogP contribution in [-0.2, 0) is 5.41 Å². The molecule has 0 spiro atoms. The summed E-state index contributed by atoms with van der Waals surface area (Å²) in [6, 6.07) is 7.46. The SMILES string of the molecule is CC(C)(CNC(=O)N[C@@H]1C=C[C@H](CO)C1)c1ccccc1Cl. The van der Waals surface area contributed by atoms with Crippen molar-refractivity contribution < 1.29 is 9.90 Å². The summed E-state index contributed by atoms with van der Waals surface area (Å²) >= 11 is 6.23. The Kier molecular flexibility index (Phi) is 5.48. The van der Waals surface area contributed by atoms with Crippen LogP contribution in [0.1, 0.15) is 25.8 Å². The average Bonchev–Trinajstić information content (AvgIpc) is 2.93. The molecule has 2 rings (SSSR count). The monoisotopic (exact) mass is 322 g/mol. The van der Waals surface area contributed by atoms with Crippen molar-refractivity contribution in [2.24, 2.45) is 5.92 Å². The lowest BCUT2D eigenvalue weighted by Gasteiger charge is -2.27. The van der Waals surface area contributed by atoms with E-state index >= 15 is 0 Å². The Bertz CT molecular complexity index is 557. The molecule has 1 aliphatic carbocycles. The van der Waals surface area contributed by atoms with Crippen LogP contribution in [0.15, 0.2) is 36.4 Å². The van der Waals surface area contributed by atoms with E-state index in [2.05, 4.69) is 10.6 Å². The topological polar surface area (TPSA) is 61.4 Å². The standard InChI is InChI=1S/C17H23ClN2O2/c1-17(2,14-5-3-4-6-15(14)18)11-19-16(22)20-13-8-7-12(9-13)10-21/h3-8,12-13,21H,9-11H2,1-2H3,(H2,19,20,22)/t12-,13+/m0/s1. The van der Waals surface area contributed by atoms with Gasteiger partial charge in [-0.2, -0.15) is 0 Å². The van der Waals surface area contributed by atoms with Crippen LogP contribution < -0.4 is 10.6 Å². The molecule has 0 saturated carbocycles. The molecule has 22 heavy (non-hydrogen) atoms. The minimum absolute atomic E-state index is 0.0134. The molecule has 1 aromatic carbocycles. The second kappa shape index (κ2) is 7.16. The fourth-order valence-electron chi connectivity index (χ4n) is 2.64. The number of rotatable bonds is 5. The number of aliphatic hydroxyl groups excluding tert-OH is 1. The summed E-state index contributed by atoms with van der Waals surface area (Å²) < 4.78 is 0. The summed E-state index contributed by atoms with van der Waals surface area (Å²) in [6.45, 7) is 4.70. The van der Waals surface area contributed by atoms with Gasteiger partial charge in [0.1, 0.15) is 0 Å². The molecule has 120 valence electrons. The first-order valence-electron chi connectivity index (χ1n) is 7.51. The molecule has 0 aliphatic heterocycles. The predicted octanol–water partition coefficient (Wildman–Crippen LogP) is 2.85. The Morgan fingerprint density at radius 2 is 2.09 bits per heavy atom. The van der Waals surface area contributed by atoms with E-state index in [9.17, 15) is 4.79 Å². The zero-order valence-electron chi connectivity index (χ0n) is 13.0. The van der Waals surface area contributed by atoms with E-state index in [0.29, 0.717) is 11.6 Å². The number of halogens is 1. The molecule has 0 bridgehead atoms. The van der Waals surface area contributed by atoms with Crippen LogP contribution in [0, 0.1) is 5.92 Å². The molecule has 0 saturated heterocycles. The lowest BCUT2D eigenvalue weighted by Crippen LogP contribution is -2.45. The molecule has 0 unspecified atom stereocenters. The van der Waals surface area contributed by atoms with Crippen LogP contribution in [0.25, 0.3) is 0 Å². The van der Waals surface area contributed by atoms with E-state index < -0.39 is 0 Å². The second-order valence-corrected chi connectivity index (χ2v) is 6.77. The molecule has 5 heteroatoms. The molecule has 4 nitrogen and oxygen atoms in total. The number of aliphatic hydroxyl groups is 1. The summed E-state index contributed by atoms with van der Waals surface area (Å²) in [7, 11) is 0. The highest BCUT2D eigenvalue weighted by Gasteiger charge is 2.25. The smallest absolute Gasteiger partial charge is 0.315 e. The third-order valence-electron chi connectivity index (χ3n) is 4.02. The van der Waals surface area contributed by atoms with Gasteiger partial charge in [-0.15, -0.1) is 0 Å². The zero-order valence-corrected chi connectivity index (χ0v) is 13.7. The maximum atomic E-state index is 12.0. The van der Waals surface area contributed by atoms with Crippen molar-refractivity contribution in [1.82, 2.24) is 10.6 Å². The van der Waals surface area contributed by atoms with Crippen molar-refractivity contribution >= 4 is 17.6 Å². The zero-order chi connectivity index (χ0) is 16.2. The number of amides is 2. The molecule has 0 aromatic heterocycles. The molecule has 0 heterocycles. The number of carbonyl (C=O) groups is 1. The van der Waals surface area contributed by atoms with Gasteiger partial charge in [-0.25, -0.2) is 4.79 Å². The Labute approximate surface area is 136 Å². The molecule has 2 amide bonds. The Hall–Kier alpha value is -1.52. The van der Waals surface area contributed by atoms with Crippen LogP contribution in [-0.4, -0.2) is 30.3 Å². The average molecular weight is 323 g/mol. The molecular formula is C17H23ClN2O2. The molecule has 2 atom stereocenters. The number of carbonyl (C=O) groups excluding carboxylic acids is 1. The van der Waals surface area contributed by atoms with Crippen molar-refractivity contribution in [3.63, 3.8) is 0 Å². The summed E-state index contributed by atoms with van der Waals surface area (Å²) in [5.74, 6) is 0.143. The Balaban J connectivity index is 1.86. The van der Waals surface area contributed by atoms with Crippen molar-refractivity contribution in [2.75, 3.05) is 13.2 Å². The van der Waals surface area contributed by atoms with E-state index in [1.54, 1.807) is 0 Å². The lowest BCUT2D eigenvalue weighted by molar-refractivity contribution is 0.229. The first-order valence-corrected chi connectivity index (χ1v) is 7.89. The van der Waals surface area contributed by atoms with Crippen molar-refractivity contribution in [2.45, 2.75) is 31.7 Å². The van der Waals surface area contributed by atoms with Gasteiger partial charge >= 0.3 is 6.03 Å². The van der Waals surface area contributed by atoms with E-state index in [1.807, 2.05) is 50.3 Å². The van der Waals surface area contributed by atoms with Gasteiger partial charge in [-0.3, -0.25) is 0 Å². The van der Waals surface area contributed by atoms with Gasteiger partial charge in [0.15, 0.2) is 0 Å². The van der Waals surface area contributed by atoms with E-state index in [1.165, 1.54) is 0 Å². The summed E-state index contributed by atoms with van der Waals surface area (Å²) in [6.07, 6.45) is 4.62. The minimum Gasteiger partial charge on any atom is -0.396 e. The van der Waals surface area contributed by atoms with Crippen molar-refractivity contribution in [1.29, 1.82) is 0 Å². The Morgan fingerprint density at radius 1 is 1.36 bits per heavy atom. The largest absolute Gasteiger partial charge is 0.396 e. The molecule has 1 aromatic rings. The van der Waals surface area contributed by atoms with Crippen LogP contribution in [0.2, 0.25) is 5.02 Å². The summed E-state index contributed by atoms with van der Waals surface area (Å²) in [4.78, 5) is 12.0. The van der Waals surface area contributed by atoms with Gasteiger partial charge < -0.3 is 15.7 Å². The van der Waals surface area contributed by atoms with Gasteiger partial charge in [0, 0.05) is 35.5 Å². The number of benzene rings is 1. The van der Waals surface area contributed by atoms with E-state index in [0.717, 1.165) is 12.0 Å². The third kappa shape index (κ3) is 4.24. The molecular weight excluding hydrogens is 300 g/mol. The molecule has 0 fully saturated rings. The van der Waals surface area contributed by atoms with Gasteiger partial charge in [0.05, 0.1) is 0 Å². The van der Waals surface area contributed by atoms with Gasteiger partial charge in [-0.1, -0.05) is 55.8 Å². The van der Waals surface area contributed by atoms with Crippen LogP contribution in [0.3, 0.4) is 0 Å². The third-order valence-corrected chi connectivity index (χ3v) is 4.35. The van der Waals surface area contributed by atoms with Gasteiger partial charge in [0.25, 0.3) is 0 Å². The lowest BCUT2D eigenvalue weighted by atomic mass is 9.84. The van der Waals surface area contributed by atoms with Crippen LogP contribution in [0.4, 0.5) is 4.79 Å². The number of hydrogen-bond donors (Lipinski definition) is 3. The highest BCUT2D eigenvalue weighted by Crippen LogP contribution is 2.29. The number of nitrogens with one attached hydrogen (secondary N) is 2. The number of urea groups is 1. The maximum absolute atomic E-state index is 12.0. The first-order chi connectivity index (χ1) is 10.4. The fraction of sp³-hybridized carbons (Fsp3) is 0.471. The molecule has 0 radical (unpaired) electrons. The van der Waals surface area contributed by atoms with Crippen molar-refractivity contribution in [3.8, 4) is 0 Å². The highest BCUT2D eigenvalue weighted by molar-refractivity contribution is 6.31. The quantitative estimate of drug-likeness (QED) is 0.730. The Morgan fingerprint density at radius 3 is 2.73 bits per heavy atom. The first kappa shape index (κ1) is 16.8. The second-order valence-electron chi connectivity index (χ2n) is 6.36. The fourth-order valence-corrected chi connectivity index (χ4v) is 3.03. The minimum atomic E-state index is -0.255. The predicted molar refractivity (Wildman–Crippen MR) is 89.1 cm³/mol. The van der Waals surface area contributed by atoms with Crippen LogP contribution >= 0.6 is 11.6 Å². The molecule has 1 aliphatic rings.